The summed E-state index contributed by atoms with van der Waals surface area (Å²) in [7, 11) is 0. The van der Waals surface area contributed by atoms with Crippen molar-refractivity contribution >= 4 is 34.1 Å². The SMILES string of the molecule is CCOC(=O)c1sc(N2C(=O)C(O)=C(C(=O)c3ccc(C)o3)C2c2ccccc2F)nc1C. The Morgan fingerprint density at radius 2 is 1.97 bits per heavy atom. The predicted octanol–water partition coefficient (Wildman–Crippen LogP) is 4.45. The summed E-state index contributed by atoms with van der Waals surface area (Å²) in [5.74, 6) is -3.50. The number of aliphatic hydroxyl groups excluding tert-OH is 1. The molecule has 0 bridgehead atoms. The van der Waals surface area contributed by atoms with Gasteiger partial charge in [-0.25, -0.2) is 14.2 Å². The van der Waals surface area contributed by atoms with Gasteiger partial charge in [-0.05, 0) is 39.0 Å². The molecule has 1 atom stereocenters. The van der Waals surface area contributed by atoms with Crippen molar-refractivity contribution in [3.8, 4) is 0 Å². The third-order valence-corrected chi connectivity index (χ3v) is 6.21. The normalized spacial score (nSPS) is 15.9. The van der Waals surface area contributed by atoms with E-state index in [1.54, 1.807) is 32.9 Å². The average molecular weight is 470 g/mol. The van der Waals surface area contributed by atoms with Gasteiger partial charge in [-0.2, -0.15) is 0 Å². The smallest absolute Gasteiger partial charge is 0.350 e. The van der Waals surface area contributed by atoms with Crippen LogP contribution in [0.15, 0.2) is 52.1 Å². The molecule has 2 aromatic heterocycles. The Kier molecular flexibility index (Phi) is 5.86. The Morgan fingerprint density at radius 3 is 2.61 bits per heavy atom. The van der Waals surface area contributed by atoms with Crippen LogP contribution in [-0.4, -0.2) is 34.4 Å². The quantitative estimate of drug-likeness (QED) is 0.419. The second-order valence-electron chi connectivity index (χ2n) is 7.23. The van der Waals surface area contributed by atoms with Crippen molar-refractivity contribution in [3.05, 3.63) is 81.2 Å². The lowest BCUT2D eigenvalue weighted by Crippen LogP contribution is -2.31. The number of ether oxygens (including phenoxy) is 1. The lowest BCUT2D eigenvalue weighted by atomic mass is 9.95. The number of anilines is 1. The highest BCUT2D eigenvalue weighted by molar-refractivity contribution is 7.17. The van der Waals surface area contributed by atoms with Crippen molar-refractivity contribution < 1.29 is 33.0 Å². The minimum Gasteiger partial charge on any atom is -0.503 e. The summed E-state index contributed by atoms with van der Waals surface area (Å²) in [5, 5.41) is 10.7. The van der Waals surface area contributed by atoms with Gasteiger partial charge in [-0.1, -0.05) is 29.5 Å². The van der Waals surface area contributed by atoms with Crippen LogP contribution in [0, 0.1) is 19.7 Å². The number of rotatable bonds is 6. The van der Waals surface area contributed by atoms with Crippen LogP contribution in [0.2, 0.25) is 0 Å². The number of nitrogens with zero attached hydrogens (tertiary/aromatic N) is 2. The number of hydrogen-bond acceptors (Lipinski definition) is 8. The van der Waals surface area contributed by atoms with E-state index in [4.69, 9.17) is 9.15 Å². The number of carbonyl (C=O) groups excluding carboxylic acids is 3. The van der Waals surface area contributed by atoms with Gasteiger partial charge in [0.25, 0.3) is 5.91 Å². The van der Waals surface area contributed by atoms with Gasteiger partial charge in [0, 0.05) is 5.56 Å². The molecule has 1 N–H and O–H groups in total. The van der Waals surface area contributed by atoms with Gasteiger partial charge in [0.05, 0.1) is 17.9 Å². The molecule has 10 heteroatoms. The predicted molar refractivity (Wildman–Crippen MR) is 117 cm³/mol. The molecule has 1 aromatic carbocycles. The first-order valence-corrected chi connectivity index (χ1v) is 10.8. The van der Waals surface area contributed by atoms with Crippen molar-refractivity contribution in [1.29, 1.82) is 0 Å². The fourth-order valence-electron chi connectivity index (χ4n) is 3.59. The number of furan rings is 1. The van der Waals surface area contributed by atoms with Crippen LogP contribution in [0.4, 0.5) is 9.52 Å². The maximum Gasteiger partial charge on any atom is 0.350 e. The van der Waals surface area contributed by atoms with E-state index in [-0.39, 0.29) is 33.5 Å². The third-order valence-electron chi connectivity index (χ3n) is 5.07. The molecule has 0 aliphatic carbocycles. The molecule has 33 heavy (non-hydrogen) atoms. The van der Waals surface area contributed by atoms with Crippen LogP contribution in [0.25, 0.3) is 0 Å². The summed E-state index contributed by atoms with van der Waals surface area (Å²) in [5.41, 5.74) is -0.0634. The summed E-state index contributed by atoms with van der Waals surface area (Å²) >= 11 is 0.853. The highest BCUT2D eigenvalue weighted by Crippen LogP contribution is 2.44. The number of carbonyl (C=O) groups is 3. The minimum atomic E-state index is -1.32. The van der Waals surface area contributed by atoms with E-state index in [1.807, 2.05) is 0 Å². The number of aromatic nitrogens is 1. The van der Waals surface area contributed by atoms with E-state index >= 15 is 0 Å². The van der Waals surface area contributed by atoms with Crippen LogP contribution < -0.4 is 4.90 Å². The zero-order chi connectivity index (χ0) is 23.9. The monoisotopic (exact) mass is 470 g/mol. The molecule has 170 valence electrons. The lowest BCUT2D eigenvalue weighted by Gasteiger charge is -2.24. The zero-order valence-corrected chi connectivity index (χ0v) is 18.7. The topological polar surface area (TPSA) is 110 Å². The van der Waals surface area contributed by atoms with E-state index in [0.29, 0.717) is 11.5 Å². The van der Waals surface area contributed by atoms with Crippen molar-refractivity contribution in [2.75, 3.05) is 11.5 Å². The Bertz CT molecular complexity index is 1310. The molecular weight excluding hydrogens is 451 g/mol. The molecule has 1 amide bonds. The number of esters is 1. The van der Waals surface area contributed by atoms with Gasteiger partial charge >= 0.3 is 5.97 Å². The van der Waals surface area contributed by atoms with Crippen molar-refractivity contribution in [2.24, 2.45) is 0 Å². The summed E-state index contributed by atoms with van der Waals surface area (Å²) in [4.78, 5) is 44.1. The van der Waals surface area contributed by atoms with E-state index in [9.17, 15) is 23.9 Å². The number of Topliss-reactive ketones (excluding diaryl/α,β-unsaturated/α-hetero) is 1. The number of aryl methyl sites for hydroxylation is 2. The van der Waals surface area contributed by atoms with Gasteiger partial charge in [0.2, 0.25) is 5.78 Å². The molecule has 3 aromatic rings. The van der Waals surface area contributed by atoms with Gasteiger partial charge in [-0.3, -0.25) is 14.5 Å². The number of amides is 1. The Hall–Kier alpha value is -3.79. The summed E-state index contributed by atoms with van der Waals surface area (Å²) in [6, 6.07) is 7.26. The van der Waals surface area contributed by atoms with Crippen LogP contribution in [-0.2, 0) is 9.53 Å². The fraction of sp³-hybridized carbons (Fsp3) is 0.217. The minimum absolute atomic E-state index is 0.0128. The van der Waals surface area contributed by atoms with E-state index < -0.39 is 35.3 Å². The van der Waals surface area contributed by atoms with Gasteiger partial charge in [0.15, 0.2) is 16.7 Å². The maximum atomic E-state index is 14.9. The van der Waals surface area contributed by atoms with E-state index in [2.05, 4.69) is 4.98 Å². The molecule has 4 rings (SSSR count). The third kappa shape index (κ3) is 3.82. The van der Waals surface area contributed by atoms with Crippen LogP contribution in [0.5, 0.6) is 0 Å². The summed E-state index contributed by atoms with van der Waals surface area (Å²) in [6.07, 6.45) is 0. The second-order valence-corrected chi connectivity index (χ2v) is 8.21. The fourth-order valence-corrected chi connectivity index (χ4v) is 4.57. The summed E-state index contributed by atoms with van der Waals surface area (Å²) < 4.78 is 25.3. The number of aliphatic hydroxyl groups is 1. The standard InChI is InChI=1S/C23H19FN2O6S/c1-4-31-22(30)20-12(3)25-23(33-20)26-17(13-7-5-6-8-14(13)24)16(19(28)21(26)29)18(27)15-10-9-11(2)32-15/h5-10,17,28H,4H2,1-3H3. The molecule has 1 unspecified atom stereocenters. The van der Waals surface area contributed by atoms with Crippen LogP contribution in [0.1, 0.15) is 50.2 Å². The highest BCUT2D eigenvalue weighted by atomic mass is 32.1. The van der Waals surface area contributed by atoms with Crippen molar-refractivity contribution in [3.63, 3.8) is 0 Å². The maximum absolute atomic E-state index is 14.9. The zero-order valence-electron chi connectivity index (χ0n) is 17.9. The first kappa shape index (κ1) is 22.4. The first-order chi connectivity index (χ1) is 15.7. The number of hydrogen-bond donors (Lipinski definition) is 1. The van der Waals surface area contributed by atoms with E-state index in [1.165, 1.54) is 24.3 Å². The summed E-state index contributed by atoms with van der Waals surface area (Å²) in [6.45, 7) is 5.01. The molecule has 0 radical (unpaired) electrons. The number of benzene rings is 1. The lowest BCUT2D eigenvalue weighted by molar-refractivity contribution is -0.117. The number of thiazole rings is 1. The average Bonchev–Trinajstić information content (AvgIpc) is 3.45. The Labute approximate surface area is 191 Å². The Balaban J connectivity index is 1.87. The molecule has 0 saturated heterocycles. The van der Waals surface area contributed by atoms with E-state index in [0.717, 1.165) is 16.2 Å². The molecular formula is C23H19FN2O6S. The largest absolute Gasteiger partial charge is 0.503 e. The van der Waals surface area contributed by atoms with Gasteiger partial charge in [-0.15, -0.1) is 0 Å². The Morgan fingerprint density at radius 1 is 1.24 bits per heavy atom. The molecule has 8 nitrogen and oxygen atoms in total. The van der Waals surface area contributed by atoms with Crippen molar-refractivity contribution in [2.45, 2.75) is 26.8 Å². The van der Waals surface area contributed by atoms with Crippen molar-refractivity contribution in [1.82, 2.24) is 4.98 Å². The highest BCUT2D eigenvalue weighted by Gasteiger charge is 2.47. The van der Waals surface area contributed by atoms with Gasteiger partial charge < -0.3 is 14.3 Å². The number of ketones is 1. The molecule has 1 aliphatic heterocycles. The second kappa shape index (κ2) is 8.62. The molecule has 0 fully saturated rings. The molecule has 0 spiro atoms. The number of halogens is 1. The van der Waals surface area contributed by atoms with Crippen LogP contribution in [0.3, 0.4) is 0 Å². The molecule has 1 aliphatic rings. The molecule has 0 saturated carbocycles. The van der Waals surface area contributed by atoms with Crippen LogP contribution >= 0.6 is 11.3 Å². The first-order valence-electron chi connectivity index (χ1n) is 10.0. The van der Waals surface area contributed by atoms with Gasteiger partial charge in [0.1, 0.15) is 22.5 Å². The molecule has 3 heterocycles.